The maximum Gasteiger partial charge on any atom is 0.272 e. The number of hydrogen-bond donors (Lipinski definition) is 2. The molecular formula is C34H29BrN2O3. The van der Waals surface area contributed by atoms with Gasteiger partial charge in [-0.3, -0.25) is 14.4 Å². The Hall–Kier alpha value is -4.55. The van der Waals surface area contributed by atoms with Gasteiger partial charge in [-0.2, -0.15) is 0 Å². The lowest BCUT2D eigenvalue weighted by Gasteiger charge is -2.12. The first-order valence-corrected chi connectivity index (χ1v) is 13.7. The molecule has 0 aliphatic heterocycles. The highest BCUT2D eigenvalue weighted by molar-refractivity contribution is 9.10. The number of ketones is 1. The molecule has 0 spiro atoms. The number of hydrogen-bond acceptors (Lipinski definition) is 3. The van der Waals surface area contributed by atoms with Crippen LogP contribution in [0.1, 0.15) is 57.2 Å². The second-order valence-electron chi connectivity index (χ2n) is 9.48. The van der Waals surface area contributed by atoms with Gasteiger partial charge in [0, 0.05) is 21.3 Å². The number of halogens is 1. The van der Waals surface area contributed by atoms with Crippen LogP contribution >= 0.6 is 15.9 Å². The van der Waals surface area contributed by atoms with E-state index in [1.54, 1.807) is 60.7 Å². The summed E-state index contributed by atoms with van der Waals surface area (Å²) in [5, 5.41) is 5.57. The Bertz CT molecular complexity index is 1560. The van der Waals surface area contributed by atoms with Gasteiger partial charge in [0.05, 0.1) is 0 Å². The van der Waals surface area contributed by atoms with Crippen molar-refractivity contribution in [1.82, 2.24) is 5.32 Å². The van der Waals surface area contributed by atoms with Crippen molar-refractivity contribution < 1.29 is 14.4 Å². The molecule has 4 rings (SSSR count). The molecule has 0 fully saturated rings. The monoisotopic (exact) mass is 592 g/mol. The predicted molar refractivity (Wildman–Crippen MR) is 165 cm³/mol. The molecular weight excluding hydrogens is 564 g/mol. The lowest BCUT2D eigenvalue weighted by molar-refractivity contribution is -0.113. The highest BCUT2D eigenvalue weighted by Crippen LogP contribution is 2.18. The van der Waals surface area contributed by atoms with Crippen LogP contribution in [0.3, 0.4) is 0 Å². The van der Waals surface area contributed by atoms with Crippen LogP contribution in [-0.4, -0.2) is 17.6 Å². The summed E-state index contributed by atoms with van der Waals surface area (Å²) < 4.78 is 0.933. The van der Waals surface area contributed by atoms with E-state index < -0.39 is 5.91 Å². The number of nitrogens with one attached hydrogen (secondary N) is 2. The van der Waals surface area contributed by atoms with Gasteiger partial charge in [-0.15, -0.1) is 0 Å². The summed E-state index contributed by atoms with van der Waals surface area (Å²) in [4.78, 5) is 38.8. The molecule has 40 heavy (non-hydrogen) atoms. The van der Waals surface area contributed by atoms with E-state index in [4.69, 9.17) is 0 Å². The molecule has 2 amide bonds. The van der Waals surface area contributed by atoms with Crippen molar-refractivity contribution in [3.8, 4) is 0 Å². The third-order valence-corrected chi connectivity index (χ3v) is 6.64. The molecule has 0 saturated heterocycles. The Labute approximate surface area is 242 Å². The zero-order chi connectivity index (χ0) is 28.5. The fourth-order valence-corrected chi connectivity index (χ4v) is 4.30. The first-order valence-electron chi connectivity index (χ1n) is 12.9. The van der Waals surface area contributed by atoms with Crippen molar-refractivity contribution in [2.75, 3.05) is 5.32 Å². The largest absolute Gasteiger partial charge is 0.321 e. The van der Waals surface area contributed by atoms with Crippen LogP contribution in [0, 0.1) is 0 Å². The second kappa shape index (κ2) is 13.5. The maximum atomic E-state index is 13.3. The molecule has 0 aromatic heterocycles. The topological polar surface area (TPSA) is 75.3 Å². The minimum absolute atomic E-state index is 0.100. The van der Waals surface area contributed by atoms with Crippen molar-refractivity contribution in [1.29, 1.82) is 0 Å². The lowest BCUT2D eigenvalue weighted by atomic mass is 10.0. The molecule has 200 valence electrons. The fraction of sp³-hybridized carbons (Fsp3) is 0.0882. The van der Waals surface area contributed by atoms with E-state index in [0.29, 0.717) is 22.7 Å². The summed E-state index contributed by atoms with van der Waals surface area (Å²) in [5.41, 5.74) is 4.38. The standard InChI is InChI=1S/C34H29BrN2O3/c1-23(2)26-14-11-25(12-15-26)22-31(37-33(39)28-8-4-3-5-9-28)34(40)36-30-18-16-27(17-19-30)32(38)20-13-24-7-6-10-29(35)21-24/h3-23H,1-2H3,(H,36,40)(H,37,39)/b20-13+,31-22-. The summed E-state index contributed by atoms with van der Waals surface area (Å²) in [6, 6.07) is 30.8. The predicted octanol–water partition coefficient (Wildman–Crippen LogP) is 7.88. The second-order valence-corrected chi connectivity index (χ2v) is 10.4. The summed E-state index contributed by atoms with van der Waals surface area (Å²) in [6.07, 6.45) is 4.91. The molecule has 2 N–H and O–H groups in total. The highest BCUT2D eigenvalue weighted by atomic mass is 79.9. The molecule has 0 heterocycles. The van der Waals surface area contributed by atoms with Gasteiger partial charge in [0.2, 0.25) is 0 Å². The van der Waals surface area contributed by atoms with Gasteiger partial charge in [0.1, 0.15) is 5.70 Å². The highest BCUT2D eigenvalue weighted by Gasteiger charge is 2.15. The van der Waals surface area contributed by atoms with E-state index in [9.17, 15) is 14.4 Å². The van der Waals surface area contributed by atoms with Crippen LogP contribution < -0.4 is 10.6 Å². The van der Waals surface area contributed by atoms with E-state index in [0.717, 1.165) is 15.6 Å². The molecule has 6 heteroatoms. The smallest absolute Gasteiger partial charge is 0.272 e. The van der Waals surface area contributed by atoms with Crippen LogP contribution in [0.2, 0.25) is 0 Å². The maximum absolute atomic E-state index is 13.3. The molecule has 0 aliphatic carbocycles. The molecule has 0 radical (unpaired) electrons. The minimum atomic E-state index is -0.481. The molecule has 0 atom stereocenters. The number of carbonyl (C=O) groups is 3. The van der Waals surface area contributed by atoms with Gasteiger partial charge in [-0.25, -0.2) is 0 Å². The van der Waals surface area contributed by atoms with Crippen molar-refractivity contribution in [2.24, 2.45) is 0 Å². The Balaban J connectivity index is 1.50. The Morgan fingerprint density at radius 2 is 1.45 bits per heavy atom. The molecule has 0 unspecified atom stereocenters. The van der Waals surface area contributed by atoms with Crippen molar-refractivity contribution >= 4 is 51.4 Å². The van der Waals surface area contributed by atoms with Gasteiger partial charge in [0.25, 0.3) is 11.8 Å². The third-order valence-electron chi connectivity index (χ3n) is 6.15. The van der Waals surface area contributed by atoms with Gasteiger partial charge >= 0.3 is 0 Å². The van der Waals surface area contributed by atoms with E-state index >= 15 is 0 Å². The molecule has 4 aromatic rings. The first-order chi connectivity index (χ1) is 19.3. The number of benzene rings is 4. The molecule has 5 nitrogen and oxygen atoms in total. The molecule has 0 aliphatic rings. The molecule has 0 bridgehead atoms. The summed E-state index contributed by atoms with van der Waals surface area (Å²) in [7, 11) is 0. The minimum Gasteiger partial charge on any atom is -0.321 e. The van der Waals surface area contributed by atoms with Crippen molar-refractivity contribution in [2.45, 2.75) is 19.8 Å². The fourth-order valence-electron chi connectivity index (χ4n) is 3.88. The zero-order valence-corrected chi connectivity index (χ0v) is 23.8. The van der Waals surface area contributed by atoms with Gasteiger partial charge in [-0.1, -0.05) is 90.5 Å². The van der Waals surface area contributed by atoms with Gasteiger partial charge in [0.15, 0.2) is 5.78 Å². The van der Waals surface area contributed by atoms with Gasteiger partial charge in [-0.05, 0) is 83.3 Å². The van der Waals surface area contributed by atoms with Crippen molar-refractivity contribution in [3.05, 3.63) is 147 Å². The third kappa shape index (κ3) is 7.98. The average molecular weight is 594 g/mol. The number of rotatable bonds is 9. The zero-order valence-electron chi connectivity index (χ0n) is 22.2. The Morgan fingerprint density at radius 1 is 0.750 bits per heavy atom. The number of amides is 2. The van der Waals surface area contributed by atoms with Crippen LogP contribution in [0.4, 0.5) is 5.69 Å². The summed E-state index contributed by atoms with van der Waals surface area (Å²) in [6.45, 7) is 4.22. The summed E-state index contributed by atoms with van der Waals surface area (Å²) >= 11 is 3.42. The van der Waals surface area contributed by atoms with Crippen molar-refractivity contribution in [3.63, 3.8) is 0 Å². The van der Waals surface area contributed by atoms with Crippen LogP contribution in [0.25, 0.3) is 12.2 Å². The number of carbonyl (C=O) groups excluding carboxylic acids is 3. The lowest BCUT2D eigenvalue weighted by Crippen LogP contribution is -2.30. The van der Waals surface area contributed by atoms with Crippen LogP contribution in [-0.2, 0) is 4.79 Å². The quantitative estimate of drug-likeness (QED) is 0.153. The van der Waals surface area contributed by atoms with E-state index in [-0.39, 0.29) is 17.4 Å². The number of allylic oxidation sites excluding steroid dienone is 1. The molecule has 4 aromatic carbocycles. The molecule has 0 saturated carbocycles. The Kier molecular flexibility index (Phi) is 9.60. The Morgan fingerprint density at radius 3 is 2.10 bits per heavy atom. The summed E-state index contributed by atoms with van der Waals surface area (Å²) in [5.74, 6) is -0.646. The van der Waals surface area contributed by atoms with E-state index in [1.807, 2.05) is 54.6 Å². The van der Waals surface area contributed by atoms with Crippen LogP contribution in [0.5, 0.6) is 0 Å². The van der Waals surface area contributed by atoms with E-state index in [2.05, 4.69) is 40.4 Å². The van der Waals surface area contributed by atoms with E-state index in [1.165, 1.54) is 11.6 Å². The SMILES string of the molecule is CC(C)c1ccc(/C=C(\NC(=O)c2ccccc2)C(=O)Nc2ccc(C(=O)/C=C/c3cccc(Br)c3)cc2)cc1. The first kappa shape index (κ1) is 28.5. The normalized spacial score (nSPS) is 11.4. The number of anilines is 1. The van der Waals surface area contributed by atoms with Gasteiger partial charge < -0.3 is 10.6 Å². The average Bonchev–Trinajstić information content (AvgIpc) is 2.96. The van der Waals surface area contributed by atoms with Crippen LogP contribution in [0.15, 0.2) is 119 Å².